The molecule has 2 heteroatoms. The van der Waals surface area contributed by atoms with E-state index in [4.69, 9.17) is 9.97 Å². The lowest BCUT2D eigenvalue weighted by atomic mass is 9.66. The molecule has 0 unspecified atom stereocenters. The lowest BCUT2D eigenvalue weighted by Crippen LogP contribution is -2.29. The van der Waals surface area contributed by atoms with Gasteiger partial charge in [-0.2, -0.15) is 0 Å². The van der Waals surface area contributed by atoms with Crippen molar-refractivity contribution in [3.8, 4) is 11.4 Å². The first-order chi connectivity index (χ1) is 17.2. The van der Waals surface area contributed by atoms with E-state index in [1.54, 1.807) is 5.56 Å². The molecular weight excluding hydrogens is 424 g/mol. The van der Waals surface area contributed by atoms with Crippen molar-refractivity contribution in [2.24, 2.45) is 11.8 Å². The van der Waals surface area contributed by atoms with Crippen molar-refractivity contribution in [1.82, 2.24) is 9.97 Å². The summed E-state index contributed by atoms with van der Waals surface area (Å²) in [6.45, 7) is 4.63. The van der Waals surface area contributed by atoms with Crippen molar-refractivity contribution < 1.29 is 0 Å². The summed E-state index contributed by atoms with van der Waals surface area (Å²) in [6, 6.07) is 9.35. The number of benzene rings is 1. The SMILES string of the molecule is CCCCCCC1(c2ccc(-c3ncc(CC[C@H]4CC[C@H](CCC)CC4)cn3)cc2)CCCCC1. The molecule has 2 aromatic rings. The van der Waals surface area contributed by atoms with Crippen molar-refractivity contribution in [2.75, 3.05) is 0 Å². The molecule has 1 aromatic heterocycles. The number of unbranched alkanes of at least 4 members (excludes halogenated alkanes) is 3. The predicted octanol–water partition coefficient (Wildman–Crippen LogP) is 9.85. The topological polar surface area (TPSA) is 25.8 Å². The molecular formula is C33H50N2. The second-order valence-corrected chi connectivity index (χ2v) is 11.9. The van der Waals surface area contributed by atoms with Crippen molar-refractivity contribution in [1.29, 1.82) is 0 Å². The van der Waals surface area contributed by atoms with Gasteiger partial charge in [0.15, 0.2) is 5.82 Å². The molecule has 0 bridgehead atoms. The van der Waals surface area contributed by atoms with Gasteiger partial charge in [0, 0.05) is 18.0 Å². The summed E-state index contributed by atoms with van der Waals surface area (Å²) in [4.78, 5) is 9.54. The van der Waals surface area contributed by atoms with Crippen LogP contribution in [0.3, 0.4) is 0 Å². The van der Waals surface area contributed by atoms with Crippen LogP contribution in [0.15, 0.2) is 36.7 Å². The third-order valence-corrected chi connectivity index (χ3v) is 9.28. The van der Waals surface area contributed by atoms with E-state index in [0.717, 1.165) is 29.6 Å². The number of aromatic nitrogens is 2. The highest BCUT2D eigenvalue weighted by Gasteiger charge is 2.33. The summed E-state index contributed by atoms with van der Waals surface area (Å²) in [6.07, 6.45) is 28.9. The largest absolute Gasteiger partial charge is 0.236 e. The highest BCUT2D eigenvalue weighted by atomic mass is 14.9. The molecule has 192 valence electrons. The molecule has 0 saturated heterocycles. The zero-order chi connectivity index (χ0) is 24.3. The fourth-order valence-corrected chi connectivity index (χ4v) is 7.00. The van der Waals surface area contributed by atoms with E-state index in [-0.39, 0.29) is 0 Å². The first-order valence-corrected chi connectivity index (χ1v) is 15.1. The third kappa shape index (κ3) is 7.40. The highest BCUT2D eigenvalue weighted by molar-refractivity contribution is 5.55. The van der Waals surface area contributed by atoms with Crippen molar-refractivity contribution in [3.05, 3.63) is 47.8 Å². The first-order valence-electron chi connectivity index (χ1n) is 15.1. The number of nitrogens with zero attached hydrogens (tertiary/aromatic N) is 2. The van der Waals surface area contributed by atoms with Crippen LogP contribution in [0, 0.1) is 11.8 Å². The molecule has 2 aliphatic rings. The van der Waals surface area contributed by atoms with E-state index >= 15 is 0 Å². The second-order valence-electron chi connectivity index (χ2n) is 11.9. The highest BCUT2D eigenvalue weighted by Crippen LogP contribution is 2.44. The molecule has 0 spiro atoms. The van der Waals surface area contributed by atoms with Gasteiger partial charge in [-0.1, -0.05) is 122 Å². The summed E-state index contributed by atoms with van der Waals surface area (Å²) >= 11 is 0. The van der Waals surface area contributed by atoms with Crippen LogP contribution in [-0.4, -0.2) is 9.97 Å². The molecule has 0 atom stereocenters. The van der Waals surface area contributed by atoms with Gasteiger partial charge in [0.05, 0.1) is 0 Å². The summed E-state index contributed by atoms with van der Waals surface area (Å²) < 4.78 is 0. The van der Waals surface area contributed by atoms with Crippen molar-refractivity contribution in [3.63, 3.8) is 0 Å². The molecule has 1 aromatic carbocycles. The van der Waals surface area contributed by atoms with E-state index in [0.29, 0.717) is 5.41 Å². The van der Waals surface area contributed by atoms with Gasteiger partial charge in [0.2, 0.25) is 0 Å². The molecule has 0 radical (unpaired) electrons. The fourth-order valence-electron chi connectivity index (χ4n) is 7.00. The van der Waals surface area contributed by atoms with E-state index < -0.39 is 0 Å². The summed E-state index contributed by atoms with van der Waals surface area (Å²) in [5.74, 6) is 2.78. The predicted molar refractivity (Wildman–Crippen MR) is 150 cm³/mol. The van der Waals surface area contributed by atoms with Crippen LogP contribution < -0.4 is 0 Å². The Hall–Kier alpha value is -1.70. The molecule has 0 amide bonds. The Kier molecular flexibility index (Phi) is 10.2. The smallest absolute Gasteiger partial charge is 0.159 e. The number of rotatable bonds is 12. The Morgan fingerprint density at radius 2 is 1.40 bits per heavy atom. The molecule has 35 heavy (non-hydrogen) atoms. The summed E-state index contributed by atoms with van der Waals surface area (Å²) in [5, 5.41) is 0. The van der Waals surface area contributed by atoms with Crippen LogP contribution in [0.1, 0.15) is 134 Å². The second kappa shape index (κ2) is 13.6. The standard InChI is InChI=1S/C33H50N2/c1-3-5-6-8-22-33(23-9-7-10-24-33)31-20-18-30(19-21-31)32-34-25-29(26-35-32)17-16-28-14-12-27(11-4-2)13-15-28/h18-21,25-28H,3-17,22-24H2,1-2H3/t27-,28-. The minimum Gasteiger partial charge on any atom is -0.236 e. The molecule has 2 saturated carbocycles. The maximum Gasteiger partial charge on any atom is 0.159 e. The zero-order valence-corrected chi connectivity index (χ0v) is 22.7. The number of aryl methyl sites for hydroxylation is 1. The fraction of sp³-hybridized carbons (Fsp3) is 0.697. The lowest BCUT2D eigenvalue weighted by Gasteiger charge is -2.38. The van der Waals surface area contributed by atoms with Gasteiger partial charge in [0.25, 0.3) is 0 Å². The molecule has 4 rings (SSSR count). The first kappa shape index (κ1) is 26.4. The van der Waals surface area contributed by atoms with E-state index in [1.807, 2.05) is 0 Å². The van der Waals surface area contributed by atoms with Crippen LogP contribution >= 0.6 is 0 Å². The van der Waals surface area contributed by atoms with Crippen LogP contribution in [-0.2, 0) is 11.8 Å². The van der Waals surface area contributed by atoms with Gasteiger partial charge in [0.1, 0.15) is 0 Å². The summed E-state index contributed by atoms with van der Waals surface area (Å²) in [5.41, 5.74) is 4.42. The normalized spacial score (nSPS) is 22.2. The molecule has 1 heterocycles. The molecule has 0 N–H and O–H groups in total. The molecule has 2 fully saturated rings. The van der Waals surface area contributed by atoms with Crippen LogP contribution in [0.5, 0.6) is 0 Å². The number of hydrogen-bond donors (Lipinski definition) is 0. The van der Waals surface area contributed by atoms with Gasteiger partial charge in [-0.05, 0) is 60.5 Å². The third-order valence-electron chi connectivity index (χ3n) is 9.28. The molecule has 2 aliphatic carbocycles. The average Bonchev–Trinajstić information content (AvgIpc) is 2.92. The van der Waals surface area contributed by atoms with Gasteiger partial charge >= 0.3 is 0 Å². The van der Waals surface area contributed by atoms with Gasteiger partial charge in [-0.15, -0.1) is 0 Å². The van der Waals surface area contributed by atoms with Crippen LogP contribution in [0.25, 0.3) is 11.4 Å². The quantitative estimate of drug-likeness (QED) is 0.286. The summed E-state index contributed by atoms with van der Waals surface area (Å²) in [7, 11) is 0. The van der Waals surface area contributed by atoms with Gasteiger partial charge in [-0.25, -0.2) is 9.97 Å². The van der Waals surface area contributed by atoms with Gasteiger partial charge in [-0.3, -0.25) is 0 Å². The average molecular weight is 475 g/mol. The Morgan fingerprint density at radius 3 is 2.03 bits per heavy atom. The molecule has 0 aliphatic heterocycles. The Labute approximate surface area is 215 Å². The maximum absolute atomic E-state index is 4.77. The zero-order valence-electron chi connectivity index (χ0n) is 22.7. The van der Waals surface area contributed by atoms with Crippen LogP contribution in [0.4, 0.5) is 0 Å². The van der Waals surface area contributed by atoms with Crippen LogP contribution in [0.2, 0.25) is 0 Å². The van der Waals surface area contributed by atoms with Crippen molar-refractivity contribution >= 4 is 0 Å². The van der Waals surface area contributed by atoms with Crippen molar-refractivity contribution in [2.45, 2.75) is 135 Å². The lowest BCUT2D eigenvalue weighted by molar-refractivity contribution is 0.252. The number of hydrogen-bond acceptors (Lipinski definition) is 2. The Bertz CT molecular complexity index is 840. The minimum atomic E-state index is 0.408. The molecule has 2 nitrogen and oxygen atoms in total. The van der Waals surface area contributed by atoms with E-state index in [9.17, 15) is 0 Å². The minimum absolute atomic E-state index is 0.408. The Morgan fingerprint density at radius 1 is 0.743 bits per heavy atom. The maximum atomic E-state index is 4.77. The van der Waals surface area contributed by atoms with E-state index in [2.05, 4.69) is 50.5 Å². The Balaban J connectivity index is 1.32. The van der Waals surface area contributed by atoms with E-state index in [1.165, 1.54) is 115 Å². The van der Waals surface area contributed by atoms with Gasteiger partial charge < -0.3 is 0 Å². The monoisotopic (exact) mass is 474 g/mol.